The number of aromatic amines is 1. The molecule has 126 valence electrons. The van der Waals surface area contributed by atoms with Crippen LogP contribution in [-0.4, -0.2) is 49.1 Å². The molecular weight excluding hydrogens is 330 g/mol. The Morgan fingerprint density at radius 1 is 1.21 bits per heavy atom. The predicted octanol–water partition coefficient (Wildman–Crippen LogP) is 2.00. The summed E-state index contributed by atoms with van der Waals surface area (Å²) in [5, 5.41) is 0.339. The SMILES string of the molecule is COc1ccccc1N1CCN(C(=O)c2cc(Cl)c[nH]c2=O)CC1. The Labute approximate surface area is 144 Å². The van der Waals surface area contributed by atoms with Crippen LogP contribution in [0.3, 0.4) is 0 Å². The van der Waals surface area contributed by atoms with Crippen LogP contribution < -0.4 is 15.2 Å². The third kappa shape index (κ3) is 3.23. The van der Waals surface area contributed by atoms with Crippen molar-refractivity contribution in [3.63, 3.8) is 0 Å². The number of hydrogen-bond acceptors (Lipinski definition) is 4. The fraction of sp³-hybridized carbons (Fsp3) is 0.294. The van der Waals surface area contributed by atoms with Gasteiger partial charge in [0.1, 0.15) is 11.3 Å². The van der Waals surface area contributed by atoms with Gasteiger partial charge in [-0.1, -0.05) is 23.7 Å². The molecule has 3 rings (SSSR count). The number of benzene rings is 1. The maximum Gasteiger partial charge on any atom is 0.260 e. The van der Waals surface area contributed by atoms with Gasteiger partial charge in [0, 0.05) is 32.4 Å². The Balaban J connectivity index is 1.72. The van der Waals surface area contributed by atoms with Gasteiger partial charge in [-0.15, -0.1) is 0 Å². The fourth-order valence-corrected chi connectivity index (χ4v) is 2.99. The van der Waals surface area contributed by atoms with E-state index in [1.807, 2.05) is 24.3 Å². The van der Waals surface area contributed by atoms with Gasteiger partial charge in [-0.3, -0.25) is 9.59 Å². The lowest BCUT2D eigenvalue weighted by Gasteiger charge is -2.36. The first-order chi connectivity index (χ1) is 11.6. The van der Waals surface area contributed by atoms with Crippen molar-refractivity contribution < 1.29 is 9.53 Å². The van der Waals surface area contributed by atoms with Gasteiger partial charge in [-0.25, -0.2) is 0 Å². The van der Waals surface area contributed by atoms with E-state index in [0.29, 0.717) is 31.2 Å². The van der Waals surface area contributed by atoms with Crippen LogP contribution in [0.4, 0.5) is 5.69 Å². The standard InChI is InChI=1S/C17H18ClN3O3/c1-24-15-5-3-2-4-14(15)20-6-8-21(9-7-20)17(23)13-10-12(18)11-19-16(13)22/h2-5,10-11H,6-9H2,1H3,(H,19,22). The van der Waals surface area contributed by atoms with E-state index in [1.165, 1.54) is 12.3 Å². The van der Waals surface area contributed by atoms with Gasteiger partial charge in [0.25, 0.3) is 11.5 Å². The molecule has 1 aliphatic rings. The first-order valence-electron chi connectivity index (χ1n) is 7.65. The van der Waals surface area contributed by atoms with Crippen molar-refractivity contribution in [2.24, 2.45) is 0 Å². The molecule has 1 aromatic heterocycles. The molecule has 1 amide bonds. The fourth-order valence-electron chi connectivity index (χ4n) is 2.83. The number of rotatable bonds is 3. The molecule has 1 N–H and O–H groups in total. The molecule has 7 heteroatoms. The molecule has 1 aromatic carbocycles. The van der Waals surface area contributed by atoms with Crippen LogP contribution in [0.2, 0.25) is 5.02 Å². The Hall–Kier alpha value is -2.47. The van der Waals surface area contributed by atoms with E-state index in [4.69, 9.17) is 16.3 Å². The quantitative estimate of drug-likeness (QED) is 0.922. The second kappa shape index (κ2) is 6.97. The second-order valence-electron chi connectivity index (χ2n) is 5.51. The first kappa shape index (κ1) is 16.4. The first-order valence-corrected chi connectivity index (χ1v) is 8.03. The highest BCUT2D eigenvalue weighted by Crippen LogP contribution is 2.28. The van der Waals surface area contributed by atoms with Crippen molar-refractivity contribution in [1.82, 2.24) is 9.88 Å². The molecule has 24 heavy (non-hydrogen) atoms. The highest BCUT2D eigenvalue weighted by Gasteiger charge is 2.25. The number of carbonyl (C=O) groups is 1. The van der Waals surface area contributed by atoms with Crippen LogP contribution in [-0.2, 0) is 0 Å². The van der Waals surface area contributed by atoms with E-state index in [9.17, 15) is 9.59 Å². The average Bonchev–Trinajstić information content (AvgIpc) is 2.63. The maximum absolute atomic E-state index is 12.5. The van der Waals surface area contributed by atoms with Gasteiger partial charge in [0.15, 0.2) is 0 Å². The van der Waals surface area contributed by atoms with Gasteiger partial charge in [-0.05, 0) is 18.2 Å². The van der Waals surface area contributed by atoms with Gasteiger partial charge < -0.3 is 19.5 Å². The maximum atomic E-state index is 12.5. The van der Waals surface area contributed by atoms with Crippen LogP contribution in [0, 0.1) is 0 Å². The number of amides is 1. The van der Waals surface area contributed by atoms with Gasteiger partial charge >= 0.3 is 0 Å². The molecule has 6 nitrogen and oxygen atoms in total. The van der Waals surface area contributed by atoms with Crippen molar-refractivity contribution in [2.75, 3.05) is 38.2 Å². The number of H-pyrrole nitrogens is 1. The van der Waals surface area contributed by atoms with E-state index < -0.39 is 5.56 Å². The van der Waals surface area contributed by atoms with Crippen molar-refractivity contribution in [3.05, 3.63) is 57.5 Å². The molecule has 0 saturated carbocycles. The Kier molecular flexibility index (Phi) is 4.76. The minimum Gasteiger partial charge on any atom is -0.495 e. The van der Waals surface area contributed by atoms with E-state index in [0.717, 1.165) is 11.4 Å². The molecule has 1 saturated heterocycles. The minimum absolute atomic E-state index is 0.0771. The van der Waals surface area contributed by atoms with Gasteiger partial charge in [0.05, 0.1) is 17.8 Å². The summed E-state index contributed by atoms with van der Waals surface area (Å²) in [5.74, 6) is 0.516. The van der Waals surface area contributed by atoms with Crippen LogP contribution in [0.15, 0.2) is 41.3 Å². The summed E-state index contributed by atoms with van der Waals surface area (Å²) in [6.45, 7) is 2.40. The zero-order chi connectivity index (χ0) is 17.1. The van der Waals surface area contributed by atoms with Crippen LogP contribution in [0.5, 0.6) is 5.75 Å². The summed E-state index contributed by atoms with van der Waals surface area (Å²) in [6, 6.07) is 9.21. The molecular formula is C17H18ClN3O3. The second-order valence-corrected chi connectivity index (χ2v) is 5.95. The number of aromatic nitrogens is 1. The summed E-state index contributed by atoms with van der Waals surface area (Å²) in [7, 11) is 1.64. The Morgan fingerprint density at radius 3 is 2.62 bits per heavy atom. The number of carbonyl (C=O) groups excluding carboxylic acids is 1. The highest BCUT2D eigenvalue weighted by atomic mass is 35.5. The van der Waals surface area contributed by atoms with E-state index in [-0.39, 0.29) is 11.5 Å². The molecule has 0 radical (unpaired) electrons. The van der Waals surface area contributed by atoms with Crippen LogP contribution in [0.1, 0.15) is 10.4 Å². The number of para-hydroxylation sites is 2. The molecule has 0 bridgehead atoms. The van der Waals surface area contributed by atoms with Gasteiger partial charge in [0.2, 0.25) is 0 Å². The van der Waals surface area contributed by atoms with Gasteiger partial charge in [-0.2, -0.15) is 0 Å². The number of ether oxygens (including phenoxy) is 1. The molecule has 0 atom stereocenters. The lowest BCUT2D eigenvalue weighted by Crippen LogP contribution is -2.49. The molecule has 2 heterocycles. The topological polar surface area (TPSA) is 65.6 Å². The highest BCUT2D eigenvalue weighted by molar-refractivity contribution is 6.30. The Bertz CT molecular complexity index is 798. The van der Waals surface area contributed by atoms with Crippen molar-refractivity contribution in [2.45, 2.75) is 0 Å². The summed E-state index contributed by atoms with van der Waals surface area (Å²) < 4.78 is 5.39. The number of piperazine rings is 1. The average molecular weight is 348 g/mol. The normalized spacial score (nSPS) is 14.6. The lowest BCUT2D eigenvalue weighted by atomic mass is 10.2. The summed E-state index contributed by atoms with van der Waals surface area (Å²) in [6.07, 6.45) is 1.38. The number of methoxy groups -OCH3 is 1. The molecule has 2 aromatic rings. The van der Waals surface area contributed by atoms with Crippen molar-refractivity contribution in [1.29, 1.82) is 0 Å². The van der Waals surface area contributed by atoms with E-state index in [2.05, 4.69) is 9.88 Å². The van der Waals surface area contributed by atoms with Crippen molar-refractivity contribution >= 4 is 23.2 Å². The third-order valence-corrected chi connectivity index (χ3v) is 4.31. The largest absolute Gasteiger partial charge is 0.495 e. The van der Waals surface area contributed by atoms with Crippen molar-refractivity contribution in [3.8, 4) is 5.75 Å². The van der Waals surface area contributed by atoms with Crippen LogP contribution >= 0.6 is 11.6 Å². The molecule has 1 aliphatic heterocycles. The summed E-state index contributed by atoms with van der Waals surface area (Å²) >= 11 is 5.87. The molecule has 0 spiro atoms. The minimum atomic E-state index is -0.420. The molecule has 0 unspecified atom stereocenters. The number of hydrogen-bond donors (Lipinski definition) is 1. The number of anilines is 1. The summed E-state index contributed by atoms with van der Waals surface area (Å²) in [5.41, 5.74) is 0.664. The number of nitrogens with zero attached hydrogens (tertiary/aromatic N) is 2. The van der Waals surface area contributed by atoms with E-state index >= 15 is 0 Å². The lowest BCUT2D eigenvalue weighted by molar-refractivity contribution is 0.0745. The predicted molar refractivity (Wildman–Crippen MR) is 93.2 cm³/mol. The summed E-state index contributed by atoms with van der Waals surface area (Å²) in [4.78, 5) is 30.7. The number of halogens is 1. The monoisotopic (exact) mass is 347 g/mol. The Morgan fingerprint density at radius 2 is 1.92 bits per heavy atom. The third-order valence-electron chi connectivity index (χ3n) is 4.09. The smallest absolute Gasteiger partial charge is 0.260 e. The van der Waals surface area contributed by atoms with E-state index in [1.54, 1.807) is 12.0 Å². The molecule has 0 aliphatic carbocycles. The van der Waals surface area contributed by atoms with Crippen LogP contribution in [0.25, 0.3) is 0 Å². The number of pyridine rings is 1. The zero-order valence-corrected chi connectivity index (χ0v) is 14.0. The zero-order valence-electron chi connectivity index (χ0n) is 13.3. The molecule has 1 fully saturated rings. The number of nitrogens with one attached hydrogen (secondary N) is 1.